The van der Waals surface area contributed by atoms with E-state index in [1.165, 1.54) is 16.7 Å². The second-order valence-electron chi connectivity index (χ2n) is 5.57. The molecule has 0 unspecified atom stereocenters. The number of hydrogen-bond acceptors (Lipinski definition) is 2. The van der Waals surface area contributed by atoms with Crippen molar-refractivity contribution in [1.29, 1.82) is 0 Å². The maximum absolute atomic E-state index is 4.53. The van der Waals surface area contributed by atoms with Crippen LogP contribution >= 0.6 is 0 Å². The SMILES string of the molecule is c1ccc(Cc2nnc3ccccc3c2-c2ccccc2)cc1. The van der Waals surface area contributed by atoms with Crippen molar-refractivity contribution in [3.05, 3.63) is 96.2 Å². The molecule has 4 rings (SSSR count). The molecule has 2 nitrogen and oxygen atoms in total. The van der Waals surface area contributed by atoms with Gasteiger partial charge in [-0.1, -0.05) is 78.9 Å². The molecule has 1 heterocycles. The van der Waals surface area contributed by atoms with E-state index in [0.717, 1.165) is 23.0 Å². The van der Waals surface area contributed by atoms with Gasteiger partial charge in [-0.2, -0.15) is 10.2 Å². The maximum Gasteiger partial charge on any atom is 0.0936 e. The predicted molar refractivity (Wildman–Crippen MR) is 94.2 cm³/mol. The van der Waals surface area contributed by atoms with Crippen LogP contribution in [0.4, 0.5) is 0 Å². The van der Waals surface area contributed by atoms with Gasteiger partial charge in [-0.15, -0.1) is 0 Å². The molecule has 4 aromatic rings. The number of nitrogens with zero attached hydrogens (tertiary/aromatic N) is 2. The molecule has 1 aromatic heterocycles. The Morgan fingerprint density at radius 1 is 0.609 bits per heavy atom. The van der Waals surface area contributed by atoms with Crippen LogP contribution in [-0.4, -0.2) is 10.2 Å². The molecule has 0 N–H and O–H groups in total. The molecular formula is C21H16N2. The average Bonchev–Trinajstić information content (AvgIpc) is 2.63. The number of rotatable bonds is 3. The summed E-state index contributed by atoms with van der Waals surface area (Å²) in [6.07, 6.45) is 0.781. The summed E-state index contributed by atoms with van der Waals surface area (Å²) in [7, 11) is 0. The fourth-order valence-electron chi connectivity index (χ4n) is 2.93. The molecule has 0 aliphatic heterocycles. The van der Waals surface area contributed by atoms with Crippen LogP contribution in [0.5, 0.6) is 0 Å². The van der Waals surface area contributed by atoms with Gasteiger partial charge >= 0.3 is 0 Å². The van der Waals surface area contributed by atoms with Gasteiger partial charge in [0.2, 0.25) is 0 Å². The zero-order valence-corrected chi connectivity index (χ0v) is 12.7. The van der Waals surface area contributed by atoms with Crippen molar-refractivity contribution in [3.63, 3.8) is 0 Å². The van der Waals surface area contributed by atoms with E-state index in [4.69, 9.17) is 0 Å². The Kier molecular flexibility index (Phi) is 3.57. The Hall–Kier alpha value is -3.00. The zero-order chi connectivity index (χ0) is 15.5. The Morgan fingerprint density at radius 2 is 1.26 bits per heavy atom. The molecule has 3 aromatic carbocycles. The van der Waals surface area contributed by atoms with E-state index in [0.29, 0.717) is 0 Å². The Balaban J connectivity index is 1.93. The summed E-state index contributed by atoms with van der Waals surface area (Å²) in [5.74, 6) is 0. The van der Waals surface area contributed by atoms with Crippen molar-refractivity contribution in [2.75, 3.05) is 0 Å². The molecule has 0 spiro atoms. The summed E-state index contributed by atoms with van der Waals surface area (Å²) < 4.78 is 0. The topological polar surface area (TPSA) is 25.8 Å². The standard InChI is InChI=1S/C21H16N2/c1-3-9-16(10-4-1)15-20-21(17-11-5-2-6-12-17)18-13-7-8-14-19(18)22-23-20/h1-14H,15H2. The highest BCUT2D eigenvalue weighted by Crippen LogP contribution is 2.30. The summed E-state index contributed by atoms with van der Waals surface area (Å²) in [5, 5.41) is 10.1. The minimum atomic E-state index is 0.781. The fourth-order valence-corrected chi connectivity index (χ4v) is 2.93. The van der Waals surface area contributed by atoms with Crippen molar-refractivity contribution in [3.8, 4) is 11.1 Å². The Morgan fingerprint density at radius 3 is 2.04 bits per heavy atom. The lowest BCUT2D eigenvalue weighted by Gasteiger charge is -2.12. The zero-order valence-electron chi connectivity index (χ0n) is 12.7. The second-order valence-corrected chi connectivity index (χ2v) is 5.57. The lowest BCUT2D eigenvalue weighted by molar-refractivity contribution is 0.969. The monoisotopic (exact) mass is 296 g/mol. The van der Waals surface area contributed by atoms with Gasteiger partial charge in [0.1, 0.15) is 0 Å². The predicted octanol–water partition coefficient (Wildman–Crippen LogP) is 4.89. The van der Waals surface area contributed by atoms with Gasteiger partial charge in [-0.25, -0.2) is 0 Å². The van der Waals surface area contributed by atoms with Crippen LogP contribution < -0.4 is 0 Å². The van der Waals surface area contributed by atoms with E-state index in [-0.39, 0.29) is 0 Å². The van der Waals surface area contributed by atoms with Crippen molar-refractivity contribution < 1.29 is 0 Å². The summed E-state index contributed by atoms with van der Waals surface area (Å²) in [6.45, 7) is 0. The van der Waals surface area contributed by atoms with E-state index < -0.39 is 0 Å². The summed E-state index contributed by atoms with van der Waals surface area (Å²) in [5.41, 5.74) is 5.56. The molecular weight excluding hydrogens is 280 g/mol. The first-order chi connectivity index (χ1) is 11.4. The molecule has 0 fully saturated rings. The molecule has 0 amide bonds. The fraction of sp³-hybridized carbons (Fsp3) is 0.0476. The first-order valence-electron chi connectivity index (χ1n) is 7.75. The number of benzene rings is 3. The minimum Gasteiger partial charge on any atom is -0.154 e. The smallest absolute Gasteiger partial charge is 0.0936 e. The normalized spacial score (nSPS) is 10.8. The first-order valence-corrected chi connectivity index (χ1v) is 7.75. The Labute approximate surface area is 135 Å². The van der Waals surface area contributed by atoms with E-state index in [9.17, 15) is 0 Å². The number of hydrogen-bond donors (Lipinski definition) is 0. The van der Waals surface area contributed by atoms with Crippen molar-refractivity contribution >= 4 is 10.9 Å². The van der Waals surface area contributed by atoms with Crippen LogP contribution in [0.25, 0.3) is 22.0 Å². The largest absolute Gasteiger partial charge is 0.154 e. The van der Waals surface area contributed by atoms with Gasteiger partial charge in [0, 0.05) is 17.4 Å². The molecule has 2 heteroatoms. The quantitative estimate of drug-likeness (QED) is 0.538. The van der Waals surface area contributed by atoms with Crippen molar-refractivity contribution in [1.82, 2.24) is 10.2 Å². The van der Waals surface area contributed by atoms with Gasteiger partial charge in [0.25, 0.3) is 0 Å². The average molecular weight is 296 g/mol. The van der Waals surface area contributed by atoms with Crippen LogP contribution in [-0.2, 0) is 6.42 Å². The van der Waals surface area contributed by atoms with Crippen molar-refractivity contribution in [2.24, 2.45) is 0 Å². The van der Waals surface area contributed by atoms with E-state index in [2.05, 4.69) is 70.9 Å². The van der Waals surface area contributed by atoms with Crippen LogP contribution in [0.3, 0.4) is 0 Å². The molecule has 110 valence electrons. The van der Waals surface area contributed by atoms with Crippen LogP contribution in [0, 0.1) is 0 Å². The maximum atomic E-state index is 4.53. The van der Waals surface area contributed by atoms with E-state index >= 15 is 0 Å². The van der Waals surface area contributed by atoms with Crippen molar-refractivity contribution in [2.45, 2.75) is 6.42 Å². The summed E-state index contributed by atoms with van der Waals surface area (Å²) >= 11 is 0. The summed E-state index contributed by atoms with van der Waals surface area (Å²) in [4.78, 5) is 0. The lowest BCUT2D eigenvalue weighted by Crippen LogP contribution is -2.00. The second kappa shape index (κ2) is 6.01. The van der Waals surface area contributed by atoms with Crippen LogP contribution in [0.15, 0.2) is 84.9 Å². The molecule has 0 aliphatic rings. The third kappa shape index (κ3) is 2.71. The molecule has 23 heavy (non-hydrogen) atoms. The molecule has 0 radical (unpaired) electrons. The summed E-state index contributed by atoms with van der Waals surface area (Å²) in [6, 6.07) is 29.1. The van der Waals surface area contributed by atoms with Gasteiger partial charge in [0.05, 0.1) is 11.2 Å². The minimum absolute atomic E-state index is 0.781. The van der Waals surface area contributed by atoms with Crippen LogP contribution in [0.2, 0.25) is 0 Å². The van der Waals surface area contributed by atoms with Gasteiger partial charge in [-0.3, -0.25) is 0 Å². The van der Waals surface area contributed by atoms with E-state index in [1.54, 1.807) is 0 Å². The molecule has 0 saturated heterocycles. The van der Waals surface area contributed by atoms with Gasteiger partial charge in [-0.05, 0) is 17.2 Å². The molecule has 0 aliphatic carbocycles. The van der Waals surface area contributed by atoms with Gasteiger partial charge < -0.3 is 0 Å². The van der Waals surface area contributed by atoms with Gasteiger partial charge in [0.15, 0.2) is 0 Å². The Bertz CT molecular complexity index is 931. The molecule has 0 bridgehead atoms. The third-order valence-electron chi connectivity index (χ3n) is 4.02. The number of fused-ring (bicyclic) bond motifs is 1. The first kappa shape index (κ1) is 13.6. The van der Waals surface area contributed by atoms with Crippen LogP contribution in [0.1, 0.15) is 11.3 Å². The highest BCUT2D eigenvalue weighted by Gasteiger charge is 2.12. The highest BCUT2D eigenvalue weighted by molar-refractivity contribution is 5.95. The lowest BCUT2D eigenvalue weighted by atomic mass is 9.96. The molecule has 0 atom stereocenters. The highest BCUT2D eigenvalue weighted by atomic mass is 15.1. The number of aromatic nitrogens is 2. The van der Waals surface area contributed by atoms with E-state index in [1.807, 2.05) is 24.3 Å². The third-order valence-corrected chi connectivity index (χ3v) is 4.02. The molecule has 0 saturated carbocycles.